The Hall–Kier alpha value is -1.90. The first-order valence-corrected chi connectivity index (χ1v) is 11.1. The van der Waals surface area contributed by atoms with Gasteiger partial charge in [0.05, 0.1) is 19.4 Å². The third-order valence-corrected chi connectivity index (χ3v) is 7.04. The molecule has 0 saturated carbocycles. The van der Waals surface area contributed by atoms with Crippen molar-refractivity contribution >= 4 is 27.5 Å². The van der Waals surface area contributed by atoms with E-state index in [1.54, 1.807) is 17.0 Å². The lowest BCUT2D eigenvalue weighted by Crippen LogP contribution is -2.51. The second-order valence-electron chi connectivity index (χ2n) is 7.10. The Morgan fingerprint density at radius 3 is 2.57 bits per heavy atom. The van der Waals surface area contributed by atoms with Gasteiger partial charge in [-0.1, -0.05) is 11.6 Å². The van der Waals surface area contributed by atoms with Gasteiger partial charge >= 0.3 is 0 Å². The number of halogens is 1. The van der Waals surface area contributed by atoms with Crippen molar-refractivity contribution in [2.24, 2.45) is 0 Å². The summed E-state index contributed by atoms with van der Waals surface area (Å²) in [4.78, 5) is 18.7. The Kier molecular flexibility index (Phi) is 6.42. The predicted octanol–water partition coefficient (Wildman–Crippen LogP) is 3.31. The fourth-order valence-electron chi connectivity index (χ4n) is 3.61. The number of hydrogen-bond acceptors (Lipinski definition) is 5. The van der Waals surface area contributed by atoms with E-state index in [0.29, 0.717) is 5.76 Å². The van der Waals surface area contributed by atoms with Gasteiger partial charge in [-0.2, -0.15) is 4.31 Å². The highest BCUT2D eigenvalue weighted by molar-refractivity contribution is 7.89. The molecule has 0 aliphatic carbocycles. The topological polar surface area (TPSA) is 83.7 Å². The fraction of sp³-hybridized carbons (Fsp3) is 0.474. The van der Waals surface area contributed by atoms with Gasteiger partial charge < -0.3 is 9.32 Å². The first kappa shape index (κ1) is 20.8. The molecule has 1 amide bonds. The Labute approximate surface area is 170 Å². The van der Waals surface area contributed by atoms with E-state index in [1.807, 2.05) is 13.8 Å². The summed E-state index contributed by atoms with van der Waals surface area (Å²) in [6.07, 6.45) is 5.57. The summed E-state index contributed by atoms with van der Waals surface area (Å²) in [5, 5.41) is 0.198. The second kappa shape index (κ2) is 8.63. The predicted molar refractivity (Wildman–Crippen MR) is 105 cm³/mol. The van der Waals surface area contributed by atoms with E-state index in [9.17, 15) is 13.2 Å². The molecule has 1 saturated heterocycles. The van der Waals surface area contributed by atoms with Crippen LogP contribution in [0.15, 0.2) is 46.0 Å². The standard InChI is InChI=1S/C19H24ClN3O4S/c1-14-5-3-6-15(2)23(14)19(24)13-22(12-16-7-4-10-27-16)28(25,26)17-8-9-18(20)21-11-17/h4,7-11,14-15H,3,5-6,12-13H2,1-2H3. The minimum Gasteiger partial charge on any atom is -0.468 e. The number of furan rings is 1. The van der Waals surface area contributed by atoms with Gasteiger partial charge in [0.25, 0.3) is 0 Å². The van der Waals surface area contributed by atoms with Crippen LogP contribution in [0.25, 0.3) is 0 Å². The van der Waals surface area contributed by atoms with Crippen LogP contribution in [0.2, 0.25) is 5.15 Å². The molecule has 152 valence electrons. The zero-order valence-electron chi connectivity index (χ0n) is 15.9. The van der Waals surface area contributed by atoms with Crippen molar-refractivity contribution in [1.82, 2.24) is 14.2 Å². The number of piperidine rings is 1. The molecule has 0 N–H and O–H groups in total. The van der Waals surface area contributed by atoms with E-state index in [2.05, 4.69) is 4.98 Å². The lowest BCUT2D eigenvalue weighted by molar-refractivity contribution is -0.137. The van der Waals surface area contributed by atoms with Gasteiger partial charge in [-0.15, -0.1) is 0 Å². The van der Waals surface area contributed by atoms with Crippen molar-refractivity contribution in [3.8, 4) is 0 Å². The summed E-state index contributed by atoms with van der Waals surface area (Å²) in [6.45, 7) is 3.70. The van der Waals surface area contributed by atoms with Gasteiger partial charge in [0, 0.05) is 18.3 Å². The third kappa shape index (κ3) is 4.56. The van der Waals surface area contributed by atoms with Crippen LogP contribution in [0.4, 0.5) is 0 Å². The van der Waals surface area contributed by atoms with Gasteiger partial charge in [-0.3, -0.25) is 4.79 Å². The van der Waals surface area contributed by atoms with Crippen molar-refractivity contribution in [2.45, 2.75) is 56.6 Å². The number of likely N-dealkylation sites (tertiary alicyclic amines) is 1. The lowest BCUT2D eigenvalue weighted by atomic mass is 9.97. The number of carbonyl (C=O) groups is 1. The first-order chi connectivity index (χ1) is 13.3. The molecule has 0 spiro atoms. The van der Waals surface area contributed by atoms with Crippen molar-refractivity contribution in [3.05, 3.63) is 47.6 Å². The van der Waals surface area contributed by atoms with Gasteiger partial charge in [0.2, 0.25) is 15.9 Å². The minimum absolute atomic E-state index is 0.0176. The molecule has 9 heteroatoms. The van der Waals surface area contributed by atoms with Crippen LogP contribution in [-0.2, 0) is 21.4 Å². The van der Waals surface area contributed by atoms with Crippen LogP contribution in [0.3, 0.4) is 0 Å². The second-order valence-corrected chi connectivity index (χ2v) is 9.42. The summed E-state index contributed by atoms with van der Waals surface area (Å²) in [6, 6.07) is 6.33. The van der Waals surface area contributed by atoms with E-state index in [-0.39, 0.29) is 41.1 Å². The number of hydrogen-bond donors (Lipinski definition) is 0. The summed E-state index contributed by atoms with van der Waals surface area (Å²) in [5.74, 6) is 0.245. The van der Waals surface area contributed by atoms with Crippen molar-refractivity contribution in [1.29, 1.82) is 0 Å². The molecular formula is C19H24ClN3O4S. The molecule has 1 aliphatic rings. The molecule has 3 heterocycles. The maximum Gasteiger partial charge on any atom is 0.245 e. The zero-order chi connectivity index (χ0) is 20.3. The number of amides is 1. The van der Waals surface area contributed by atoms with Crippen LogP contribution in [0, 0.1) is 0 Å². The average molecular weight is 426 g/mol. The van der Waals surface area contributed by atoms with E-state index in [4.69, 9.17) is 16.0 Å². The SMILES string of the molecule is CC1CCCC(C)N1C(=O)CN(Cc1ccco1)S(=O)(=O)c1ccc(Cl)nc1. The number of carbonyl (C=O) groups excluding carboxylic acids is 1. The molecular weight excluding hydrogens is 402 g/mol. The quantitative estimate of drug-likeness (QED) is 0.663. The zero-order valence-corrected chi connectivity index (χ0v) is 17.5. The van der Waals surface area contributed by atoms with Crippen LogP contribution >= 0.6 is 11.6 Å². The highest BCUT2D eigenvalue weighted by Gasteiger charge is 2.34. The lowest BCUT2D eigenvalue weighted by Gasteiger charge is -2.40. The Balaban J connectivity index is 1.88. The molecule has 0 radical (unpaired) electrons. The smallest absolute Gasteiger partial charge is 0.245 e. The van der Waals surface area contributed by atoms with Gasteiger partial charge in [-0.05, 0) is 57.4 Å². The van der Waals surface area contributed by atoms with Gasteiger partial charge in [-0.25, -0.2) is 13.4 Å². The van der Waals surface area contributed by atoms with Crippen molar-refractivity contribution in [2.75, 3.05) is 6.54 Å². The summed E-state index contributed by atoms with van der Waals surface area (Å²) in [5.41, 5.74) is 0. The Morgan fingerprint density at radius 1 is 1.29 bits per heavy atom. The van der Waals surface area contributed by atoms with Crippen molar-refractivity contribution in [3.63, 3.8) is 0 Å². The van der Waals surface area contributed by atoms with E-state index in [0.717, 1.165) is 23.6 Å². The average Bonchev–Trinajstić information content (AvgIpc) is 3.14. The fourth-order valence-corrected chi connectivity index (χ4v) is 5.02. The summed E-state index contributed by atoms with van der Waals surface area (Å²) < 4.78 is 32.8. The van der Waals surface area contributed by atoms with E-state index < -0.39 is 10.0 Å². The third-order valence-electron chi connectivity index (χ3n) is 5.04. The molecule has 1 aliphatic heterocycles. The molecule has 1 fully saturated rings. The van der Waals surface area contributed by atoms with Crippen molar-refractivity contribution < 1.29 is 17.6 Å². The first-order valence-electron chi connectivity index (χ1n) is 9.24. The van der Waals surface area contributed by atoms with Crippen LogP contribution in [0.5, 0.6) is 0 Å². The van der Waals surface area contributed by atoms with Crippen LogP contribution in [0.1, 0.15) is 38.9 Å². The maximum absolute atomic E-state index is 13.2. The van der Waals surface area contributed by atoms with E-state index >= 15 is 0 Å². The van der Waals surface area contributed by atoms with Gasteiger partial charge in [0.1, 0.15) is 15.8 Å². The molecule has 2 atom stereocenters. The van der Waals surface area contributed by atoms with E-state index in [1.165, 1.54) is 24.6 Å². The Morgan fingerprint density at radius 2 is 2.00 bits per heavy atom. The molecule has 2 aromatic rings. The molecule has 2 unspecified atom stereocenters. The summed E-state index contributed by atoms with van der Waals surface area (Å²) in [7, 11) is -3.96. The summed E-state index contributed by atoms with van der Waals surface area (Å²) >= 11 is 5.78. The van der Waals surface area contributed by atoms with Crippen LogP contribution < -0.4 is 0 Å². The number of sulfonamides is 1. The number of rotatable bonds is 6. The maximum atomic E-state index is 13.2. The molecule has 2 aromatic heterocycles. The van der Waals surface area contributed by atoms with Crippen LogP contribution in [-0.4, -0.2) is 47.1 Å². The highest BCUT2D eigenvalue weighted by Crippen LogP contribution is 2.25. The molecule has 28 heavy (non-hydrogen) atoms. The highest BCUT2D eigenvalue weighted by atomic mass is 35.5. The number of aromatic nitrogens is 1. The van der Waals surface area contributed by atoms with Gasteiger partial charge in [0.15, 0.2) is 0 Å². The molecule has 3 rings (SSSR count). The largest absolute Gasteiger partial charge is 0.468 e. The number of nitrogens with zero attached hydrogens (tertiary/aromatic N) is 3. The monoisotopic (exact) mass is 425 g/mol. The minimum atomic E-state index is -3.96. The normalized spacial score (nSPS) is 20.5. The molecule has 7 nitrogen and oxygen atoms in total. The molecule has 0 bridgehead atoms. The molecule has 0 aromatic carbocycles. The number of pyridine rings is 1. The Bertz CT molecular complexity index is 890.